The lowest BCUT2D eigenvalue weighted by Gasteiger charge is -2.16. The third-order valence-corrected chi connectivity index (χ3v) is 4.38. The molecule has 2 amide bonds. The molecule has 0 saturated heterocycles. The molecule has 2 aromatic carbocycles. The van der Waals surface area contributed by atoms with Gasteiger partial charge in [-0.05, 0) is 49.1 Å². The molecule has 1 fully saturated rings. The minimum atomic E-state index is -0.183. The standard InChI is InChI=1S/C20H24N2O3/c1-3-13(2)21-20(24)17-10-14-6-4-5-7-15(14)11-18(17)25-12-19(23)22-16-8-9-16/h4-7,10-11,13,16H,3,8-9,12H2,1-2H3,(H,21,24)(H,22,23). The van der Waals surface area contributed by atoms with Gasteiger partial charge >= 0.3 is 0 Å². The van der Waals surface area contributed by atoms with Gasteiger partial charge in [-0.15, -0.1) is 0 Å². The normalized spacial score (nSPS) is 14.8. The van der Waals surface area contributed by atoms with Crippen LogP contribution in [0.4, 0.5) is 0 Å². The van der Waals surface area contributed by atoms with Gasteiger partial charge in [0.15, 0.2) is 6.61 Å². The van der Waals surface area contributed by atoms with E-state index in [0.717, 1.165) is 30.0 Å². The SMILES string of the molecule is CCC(C)NC(=O)c1cc2ccccc2cc1OCC(=O)NC1CC1. The fraction of sp³-hybridized carbons (Fsp3) is 0.400. The Bertz CT molecular complexity index is 784. The number of carbonyl (C=O) groups excluding carboxylic acids is 2. The molecule has 0 aliphatic heterocycles. The molecule has 1 unspecified atom stereocenters. The van der Waals surface area contributed by atoms with E-state index in [1.165, 1.54) is 0 Å². The zero-order chi connectivity index (χ0) is 17.8. The van der Waals surface area contributed by atoms with Crippen LogP contribution in [0.5, 0.6) is 5.75 Å². The lowest BCUT2D eigenvalue weighted by atomic mass is 10.0. The molecule has 0 heterocycles. The number of hydrogen-bond acceptors (Lipinski definition) is 3. The summed E-state index contributed by atoms with van der Waals surface area (Å²) >= 11 is 0. The molecule has 0 bridgehead atoms. The second-order valence-electron chi connectivity index (χ2n) is 6.61. The Morgan fingerprint density at radius 1 is 1.20 bits per heavy atom. The quantitative estimate of drug-likeness (QED) is 0.814. The molecule has 1 saturated carbocycles. The van der Waals surface area contributed by atoms with E-state index < -0.39 is 0 Å². The Balaban J connectivity index is 1.83. The van der Waals surface area contributed by atoms with Crippen LogP contribution in [0.15, 0.2) is 36.4 Å². The van der Waals surface area contributed by atoms with Crippen LogP contribution in [0, 0.1) is 0 Å². The fourth-order valence-electron chi connectivity index (χ4n) is 2.56. The maximum Gasteiger partial charge on any atom is 0.258 e. The Labute approximate surface area is 147 Å². The number of fused-ring (bicyclic) bond motifs is 1. The van der Waals surface area contributed by atoms with Crippen molar-refractivity contribution in [3.63, 3.8) is 0 Å². The second kappa shape index (κ2) is 7.55. The van der Waals surface area contributed by atoms with Crippen molar-refractivity contribution in [2.75, 3.05) is 6.61 Å². The smallest absolute Gasteiger partial charge is 0.258 e. The summed E-state index contributed by atoms with van der Waals surface area (Å²) in [5.41, 5.74) is 0.457. The van der Waals surface area contributed by atoms with Crippen molar-refractivity contribution in [2.45, 2.75) is 45.2 Å². The van der Waals surface area contributed by atoms with Gasteiger partial charge in [-0.3, -0.25) is 9.59 Å². The molecular weight excluding hydrogens is 316 g/mol. The Hall–Kier alpha value is -2.56. The molecule has 5 heteroatoms. The van der Waals surface area contributed by atoms with Crippen LogP contribution in [0.2, 0.25) is 0 Å². The van der Waals surface area contributed by atoms with Crippen molar-refractivity contribution in [2.24, 2.45) is 0 Å². The van der Waals surface area contributed by atoms with Crippen LogP contribution < -0.4 is 15.4 Å². The van der Waals surface area contributed by atoms with E-state index in [1.54, 1.807) is 0 Å². The second-order valence-corrected chi connectivity index (χ2v) is 6.61. The first-order chi connectivity index (χ1) is 12.1. The van der Waals surface area contributed by atoms with Crippen LogP contribution in [0.25, 0.3) is 10.8 Å². The first-order valence-corrected chi connectivity index (χ1v) is 8.82. The van der Waals surface area contributed by atoms with Gasteiger partial charge in [0, 0.05) is 12.1 Å². The molecule has 132 valence electrons. The van der Waals surface area contributed by atoms with Gasteiger partial charge in [0.2, 0.25) is 0 Å². The maximum absolute atomic E-state index is 12.6. The van der Waals surface area contributed by atoms with Crippen LogP contribution in [0.1, 0.15) is 43.5 Å². The number of ether oxygens (including phenoxy) is 1. The van der Waals surface area contributed by atoms with Gasteiger partial charge in [-0.2, -0.15) is 0 Å². The highest BCUT2D eigenvalue weighted by molar-refractivity contribution is 6.01. The van der Waals surface area contributed by atoms with Gasteiger partial charge in [0.05, 0.1) is 5.56 Å². The first-order valence-electron chi connectivity index (χ1n) is 8.82. The Kier molecular flexibility index (Phi) is 5.22. The predicted molar refractivity (Wildman–Crippen MR) is 97.8 cm³/mol. The average molecular weight is 340 g/mol. The van der Waals surface area contributed by atoms with E-state index in [0.29, 0.717) is 17.4 Å². The molecule has 5 nitrogen and oxygen atoms in total. The summed E-state index contributed by atoms with van der Waals surface area (Å²) in [7, 11) is 0. The fourth-order valence-corrected chi connectivity index (χ4v) is 2.56. The van der Waals surface area contributed by atoms with E-state index in [-0.39, 0.29) is 24.5 Å². The number of amides is 2. The third kappa shape index (κ3) is 4.50. The van der Waals surface area contributed by atoms with E-state index >= 15 is 0 Å². The molecule has 1 aliphatic carbocycles. The van der Waals surface area contributed by atoms with Gasteiger partial charge in [0.1, 0.15) is 5.75 Å². The molecule has 0 aromatic heterocycles. The van der Waals surface area contributed by atoms with Gasteiger partial charge in [-0.1, -0.05) is 31.2 Å². The van der Waals surface area contributed by atoms with E-state index in [1.807, 2.05) is 50.2 Å². The molecule has 1 aliphatic rings. The Morgan fingerprint density at radius 3 is 2.52 bits per heavy atom. The van der Waals surface area contributed by atoms with Crippen molar-refractivity contribution < 1.29 is 14.3 Å². The summed E-state index contributed by atoms with van der Waals surface area (Å²) in [6.45, 7) is 3.89. The summed E-state index contributed by atoms with van der Waals surface area (Å²) in [5.74, 6) is 0.104. The first kappa shape index (κ1) is 17.3. The molecule has 1 atom stereocenters. The van der Waals surface area contributed by atoms with Crippen LogP contribution in [-0.4, -0.2) is 30.5 Å². The minimum Gasteiger partial charge on any atom is -0.483 e. The minimum absolute atomic E-state index is 0.0741. The molecule has 0 radical (unpaired) electrons. The summed E-state index contributed by atoms with van der Waals surface area (Å²) in [6, 6.07) is 11.8. The maximum atomic E-state index is 12.6. The van der Waals surface area contributed by atoms with E-state index in [4.69, 9.17) is 4.74 Å². The molecule has 2 N–H and O–H groups in total. The van der Waals surface area contributed by atoms with Crippen LogP contribution in [-0.2, 0) is 4.79 Å². The average Bonchev–Trinajstić information content (AvgIpc) is 3.42. The number of nitrogens with one attached hydrogen (secondary N) is 2. The van der Waals surface area contributed by atoms with Crippen LogP contribution in [0.3, 0.4) is 0 Å². The van der Waals surface area contributed by atoms with Gasteiger partial charge in [-0.25, -0.2) is 0 Å². The van der Waals surface area contributed by atoms with Crippen molar-refractivity contribution in [1.82, 2.24) is 10.6 Å². The van der Waals surface area contributed by atoms with E-state index in [9.17, 15) is 9.59 Å². The summed E-state index contributed by atoms with van der Waals surface area (Å²) in [6.07, 6.45) is 2.91. The lowest BCUT2D eigenvalue weighted by molar-refractivity contribution is -0.123. The number of hydrogen-bond donors (Lipinski definition) is 2. The highest BCUT2D eigenvalue weighted by atomic mass is 16.5. The van der Waals surface area contributed by atoms with Gasteiger partial charge < -0.3 is 15.4 Å². The highest BCUT2D eigenvalue weighted by Gasteiger charge is 2.23. The zero-order valence-corrected chi connectivity index (χ0v) is 14.7. The van der Waals surface area contributed by atoms with Crippen molar-refractivity contribution in [1.29, 1.82) is 0 Å². The van der Waals surface area contributed by atoms with E-state index in [2.05, 4.69) is 10.6 Å². The lowest BCUT2D eigenvalue weighted by Crippen LogP contribution is -2.33. The van der Waals surface area contributed by atoms with Crippen molar-refractivity contribution in [3.05, 3.63) is 42.0 Å². The molecule has 25 heavy (non-hydrogen) atoms. The Morgan fingerprint density at radius 2 is 1.88 bits per heavy atom. The molecule has 2 aromatic rings. The monoisotopic (exact) mass is 340 g/mol. The van der Waals surface area contributed by atoms with Crippen molar-refractivity contribution >= 4 is 22.6 Å². The predicted octanol–water partition coefficient (Wildman–Crippen LogP) is 3.03. The summed E-state index contributed by atoms with van der Waals surface area (Å²) < 4.78 is 5.70. The number of benzene rings is 2. The molecule has 0 spiro atoms. The van der Waals surface area contributed by atoms with Crippen molar-refractivity contribution in [3.8, 4) is 5.75 Å². The third-order valence-electron chi connectivity index (χ3n) is 4.38. The van der Waals surface area contributed by atoms with Crippen LogP contribution >= 0.6 is 0 Å². The largest absolute Gasteiger partial charge is 0.483 e. The highest BCUT2D eigenvalue weighted by Crippen LogP contribution is 2.26. The molecule has 3 rings (SSSR count). The molecular formula is C20H24N2O3. The zero-order valence-electron chi connectivity index (χ0n) is 14.7. The topological polar surface area (TPSA) is 67.4 Å². The summed E-state index contributed by atoms with van der Waals surface area (Å²) in [5, 5.41) is 7.78. The number of rotatable bonds is 7. The number of carbonyl (C=O) groups is 2. The summed E-state index contributed by atoms with van der Waals surface area (Å²) in [4.78, 5) is 24.5. The van der Waals surface area contributed by atoms with Gasteiger partial charge in [0.25, 0.3) is 11.8 Å².